The predicted octanol–water partition coefficient (Wildman–Crippen LogP) is 3.60. The largest absolute Gasteiger partial charge is 0.480 e. The molecular weight excluding hydrogens is 386 g/mol. The molecule has 1 aliphatic heterocycles. The summed E-state index contributed by atoms with van der Waals surface area (Å²) in [7, 11) is 0. The van der Waals surface area contributed by atoms with Gasteiger partial charge in [0.15, 0.2) is 5.11 Å². The van der Waals surface area contributed by atoms with E-state index in [0.29, 0.717) is 16.5 Å². The van der Waals surface area contributed by atoms with Crippen LogP contribution in [0.4, 0.5) is 5.69 Å². The Balaban J connectivity index is 1.74. The third-order valence-electron chi connectivity index (χ3n) is 5.05. The van der Waals surface area contributed by atoms with Crippen LogP contribution in [-0.2, 0) is 16.1 Å². The summed E-state index contributed by atoms with van der Waals surface area (Å²) in [5.74, 6) is -1.17. The van der Waals surface area contributed by atoms with Gasteiger partial charge in [0.25, 0.3) is 5.91 Å². The molecule has 1 aromatic heterocycles. The van der Waals surface area contributed by atoms with E-state index in [4.69, 9.17) is 12.2 Å². The molecule has 2 N–H and O–H groups in total. The molecule has 0 bridgehead atoms. The van der Waals surface area contributed by atoms with Crippen LogP contribution < -0.4 is 10.2 Å². The van der Waals surface area contributed by atoms with Gasteiger partial charge in [-0.2, -0.15) is 0 Å². The number of nitrogens with zero attached hydrogens (tertiary/aromatic N) is 2. The van der Waals surface area contributed by atoms with Crippen molar-refractivity contribution < 1.29 is 14.7 Å². The van der Waals surface area contributed by atoms with E-state index in [1.807, 2.05) is 56.3 Å². The van der Waals surface area contributed by atoms with Crippen LogP contribution in [0.2, 0.25) is 0 Å². The molecule has 0 saturated carbocycles. The molecule has 0 unspecified atom stereocenters. The number of fused-ring (bicyclic) bond motifs is 1. The molecule has 0 atom stereocenters. The Morgan fingerprint density at radius 3 is 2.66 bits per heavy atom. The van der Waals surface area contributed by atoms with Gasteiger partial charge in [-0.25, -0.2) is 0 Å². The SMILES string of the molecule is Cc1ccc(N2C(=O)/C(=C/c3cn(CC(=O)O)c4ccccc34)NC2=S)cc1C. The quantitative estimate of drug-likeness (QED) is 0.512. The zero-order valence-corrected chi connectivity index (χ0v) is 16.8. The molecule has 0 radical (unpaired) electrons. The topological polar surface area (TPSA) is 74.6 Å². The van der Waals surface area contributed by atoms with Gasteiger partial charge in [0.2, 0.25) is 0 Å². The number of aryl methyl sites for hydroxylation is 2. The lowest BCUT2D eigenvalue weighted by molar-refractivity contribution is -0.137. The lowest BCUT2D eigenvalue weighted by atomic mass is 10.1. The summed E-state index contributed by atoms with van der Waals surface area (Å²) in [4.78, 5) is 25.7. The fourth-order valence-electron chi connectivity index (χ4n) is 3.46. The average molecular weight is 405 g/mol. The zero-order valence-electron chi connectivity index (χ0n) is 16.0. The van der Waals surface area contributed by atoms with Gasteiger partial charge in [-0.1, -0.05) is 24.3 Å². The molecule has 1 aliphatic rings. The van der Waals surface area contributed by atoms with Gasteiger partial charge in [-0.15, -0.1) is 0 Å². The van der Waals surface area contributed by atoms with E-state index in [-0.39, 0.29) is 12.5 Å². The number of para-hydroxylation sites is 1. The fourth-order valence-corrected chi connectivity index (χ4v) is 3.75. The first-order valence-corrected chi connectivity index (χ1v) is 9.50. The molecule has 0 aliphatic carbocycles. The van der Waals surface area contributed by atoms with Crippen molar-refractivity contribution in [2.24, 2.45) is 0 Å². The van der Waals surface area contributed by atoms with Crippen molar-refractivity contribution in [3.8, 4) is 0 Å². The summed E-state index contributed by atoms with van der Waals surface area (Å²) in [6, 6.07) is 13.3. The van der Waals surface area contributed by atoms with Crippen LogP contribution >= 0.6 is 12.2 Å². The molecule has 1 saturated heterocycles. The molecule has 1 amide bonds. The van der Waals surface area contributed by atoms with E-state index in [0.717, 1.165) is 27.6 Å². The second kappa shape index (κ2) is 7.18. The van der Waals surface area contributed by atoms with Gasteiger partial charge in [0.1, 0.15) is 12.2 Å². The van der Waals surface area contributed by atoms with Crippen LogP contribution in [0, 0.1) is 13.8 Å². The predicted molar refractivity (Wildman–Crippen MR) is 117 cm³/mol. The maximum Gasteiger partial charge on any atom is 0.323 e. The Hall–Kier alpha value is -3.45. The van der Waals surface area contributed by atoms with E-state index >= 15 is 0 Å². The van der Waals surface area contributed by atoms with Gasteiger partial charge in [0.05, 0.1) is 5.69 Å². The Labute approximate surface area is 173 Å². The molecule has 146 valence electrons. The molecule has 1 fully saturated rings. The molecule has 3 aromatic rings. The van der Waals surface area contributed by atoms with E-state index in [1.165, 1.54) is 4.90 Å². The number of aliphatic carboxylic acids is 1. The van der Waals surface area contributed by atoms with Crippen LogP contribution in [0.25, 0.3) is 17.0 Å². The third kappa shape index (κ3) is 3.40. The van der Waals surface area contributed by atoms with Crippen molar-refractivity contribution in [1.29, 1.82) is 0 Å². The van der Waals surface area contributed by atoms with E-state index in [2.05, 4.69) is 5.32 Å². The number of nitrogens with one attached hydrogen (secondary N) is 1. The number of amides is 1. The minimum atomic E-state index is -0.929. The number of carbonyl (C=O) groups excluding carboxylic acids is 1. The first-order valence-electron chi connectivity index (χ1n) is 9.09. The molecule has 29 heavy (non-hydrogen) atoms. The average Bonchev–Trinajstić information content (AvgIpc) is 3.15. The number of carboxylic acid groups (broad SMARTS) is 1. The molecule has 2 aromatic carbocycles. The number of hydrogen-bond donors (Lipinski definition) is 2. The highest BCUT2D eigenvalue weighted by Gasteiger charge is 2.32. The van der Waals surface area contributed by atoms with Gasteiger partial charge < -0.3 is 15.0 Å². The van der Waals surface area contributed by atoms with Crippen molar-refractivity contribution in [3.05, 3.63) is 71.0 Å². The van der Waals surface area contributed by atoms with E-state index in [1.54, 1.807) is 16.8 Å². The van der Waals surface area contributed by atoms with Crippen LogP contribution in [0.1, 0.15) is 16.7 Å². The fraction of sp³-hybridized carbons (Fsp3) is 0.136. The Morgan fingerprint density at radius 1 is 1.17 bits per heavy atom. The normalized spacial score (nSPS) is 15.4. The summed E-state index contributed by atoms with van der Waals surface area (Å²) >= 11 is 5.40. The molecule has 6 nitrogen and oxygen atoms in total. The Bertz CT molecular complexity index is 1210. The number of carbonyl (C=O) groups is 2. The number of aromatic nitrogens is 1. The molecule has 4 rings (SSSR count). The van der Waals surface area contributed by atoms with Gasteiger partial charge in [-0.05, 0) is 61.5 Å². The van der Waals surface area contributed by atoms with Crippen molar-refractivity contribution in [3.63, 3.8) is 0 Å². The number of anilines is 1. The molecule has 2 heterocycles. The highest BCUT2D eigenvalue weighted by Crippen LogP contribution is 2.27. The van der Waals surface area contributed by atoms with E-state index < -0.39 is 5.97 Å². The summed E-state index contributed by atoms with van der Waals surface area (Å²) in [5, 5.41) is 13.4. The maximum absolute atomic E-state index is 13.0. The Morgan fingerprint density at radius 2 is 1.93 bits per heavy atom. The van der Waals surface area contributed by atoms with Crippen LogP contribution in [0.5, 0.6) is 0 Å². The summed E-state index contributed by atoms with van der Waals surface area (Å²) < 4.78 is 1.66. The number of thiocarbonyl (C=S) groups is 1. The second-order valence-corrected chi connectivity index (χ2v) is 7.41. The van der Waals surface area contributed by atoms with Crippen molar-refractivity contribution >= 4 is 51.9 Å². The standard InChI is InChI=1S/C22H19N3O3S/c1-13-7-8-16(9-14(13)2)25-21(28)18(23-22(25)29)10-15-11-24(12-20(26)27)19-6-4-3-5-17(15)19/h3-11H,12H2,1-2H3,(H,23,29)(H,26,27)/b18-10-. The van der Waals surface area contributed by atoms with Crippen LogP contribution in [-0.4, -0.2) is 26.7 Å². The highest BCUT2D eigenvalue weighted by molar-refractivity contribution is 7.80. The van der Waals surface area contributed by atoms with Gasteiger partial charge in [-0.3, -0.25) is 14.5 Å². The number of carboxylic acids is 1. The number of rotatable bonds is 4. The Kier molecular flexibility index (Phi) is 4.68. The monoisotopic (exact) mass is 405 g/mol. The minimum Gasteiger partial charge on any atom is -0.480 e. The zero-order chi connectivity index (χ0) is 20.7. The van der Waals surface area contributed by atoms with Crippen LogP contribution in [0.3, 0.4) is 0 Å². The summed E-state index contributed by atoms with van der Waals surface area (Å²) in [5.41, 5.74) is 4.83. The van der Waals surface area contributed by atoms with Crippen molar-refractivity contribution in [2.75, 3.05) is 4.90 Å². The minimum absolute atomic E-state index is 0.155. The van der Waals surface area contributed by atoms with Crippen LogP contribution in [0.15, 0.2) is 54.4 Å². The number of hydrogen-bond acceptors (Lipinski definition) is 3. The second-order valence-electron chi connectivity index (χ2n) is 7.02. The smallest absolute Gasteiger partial charge is 0.323 e. The van der Waals surface area contributed by atoms with Crippen molar-refractivity contribution in [2.45, 2.75) is 20.4 Å². The van der Waals surface area contributed by atoms with Gasteiger partial charge >= 0.3 is 5.97 Å². The first-order chi connectivity index (χ1) is 13.8. The first kappa shape index (κ1) is 18.9. The lowest BCUT2D eigenvalue weighted by Gasteiger charge is -2.15. The lowest BCUT2D eigenvalue weighted by Crippen LogP contribution is -2.30. The highest BCUT2D eigenvalue weighted by atomic mass is 32.1. The third-order valence-corrected chi connectivity index (χ3v) is 5.34. The molecular formula is C22H19N3O3S. The summed E-state index contributed by atoms with van der Waals surface area (Å²) in [6.07, 6.45) is 3.46. The van der Waals surface area contributed by atoms with Crippen molar-refractivity contribution in [1.82, 2.24) is 9.88 Å². The van der Waals surface area contributed by atoms with Gasteiger partial charge in [0, 0.05) is 22.7 Å². The van der Waals surface area contributed by atoms with E-state index in [9.17, 15) is 14.7 Å². The number of benzene rings is 2. The summed E-state index contributed by atoms with van der Waals surface area (Å²) in [6.45, 7) is 3.85. The molecule has 0 spiro atoms. The molecule has 7 heteroatoms. The maximum atomic E-state index is 13.0.